The maximum absolute atomic E-state index is 10.2. The predicted octanol–water partition coefficient (Wildman–Crippen LogP) is 1.65. The monoisotopic (exact) mass is 271 g/mol. The van der Waals surface area contributed by atoms with Crippen molar-refractivity contribution in [2.24, 2.45) is 0 Å². The molecule has 1 saturated heterocycles. The Bertz CT molecular complexity index is 408. The van der Waals surface area contributed by atoms with Gasteiger partial charge in [0.15, 0.2) is 0 Å². The van der Waals surface area contributed by atoms with Crippen LogP contribution in [0.4, 0.5) is 5.82 Å². The fraction of sp³-hybridized carbons (Fsp3) is 0.667. The van der Waals surface area contributed by atoms with Crippen molar-refractivity contribution in [2.45, 2.75) is 31.8 Å². The zero-order valence-electron chi connectivity index (χ0n) is 10.4. The zero-order chi connectivity index (χ0) is 13.0. The molecule has 0 aromatic carbocycles. The van der Waals surface area contributed by atoms with Crippen LogP contribution in [0.2, 0.25) is 5.15 Å². The van der Waals surface area contributed by atoms with Gasteiger partial charge >= 0.3 is 0 Å². The van der Waals surface area contributed by atoms with Crippen molar-refractivity contribution in [1.82, 2.24) is 9.97 Å². The lowest BCUT2D eigenvalue weighted by Gasteiger charge is -2.22. The second kappa shape index (κ2) is 5.82. The van der Waals surface area contributed by atoms with Crippen molar-refractivity contribution in [1.29, 1.82) is 0 Å². The van der Waals surface area contributed by atoms with Crippen molar-refractivity contribution < 1.29 is 9.84 Å². The van der Waals surface area contributed by atoms with Gasteiger partial charge in [0.05, 0.1) is 6.61 Å². The molecule has 1 fully saturated rings. The molecule has 100 valence electrons. The van der Waals surface area contributed by atoms with Crippen molar-refractivity contribution in [3.8, 4) is 0 Å². The van der Waals surface area contributed by atoms with E-state index in [9.17, 15) is 5.11 Å². The van der Waals surface area contributed by atoms with E-state index in [0.29, 0.717) is 37.2 Å². The lowest BCUT2D eigenvalue weighted by molar-refractivity contribution is 0.0381. The molecule has 2 heterocycles. The third-order valence-corrected chi connectivity index (χ3v) is 3.39. The van der Waals surface area contributed by atoms with E-state index in [1.807, 2.05) is 0 Å². The van der Waals surface area contributed by atoms with Crippen molar-refractivity contribution >= 4 is 17.4 Å². The van der Waals surface area contributed by atoms with Crippen LogP contribution >= 0.6 is 11.6 Å². The Morgan fingerprint density at radius 3 is 3.06 bits per heavy atom. The first-order valence-electron chi connectivity index (χ1n) is 6.18. The van der Waals surface area contributed by atoms with Gasteiger partial charge in [-0.3, -0.25) is 0 Å². The lowest BCUT2D eigenvalue weighted by Crippen LogP contribution is -2.37. The number of hydrogen-bond acceptors (Lipinski definition) is 5. The Hall–Kier alpha value is -0.910. The lowest BCUT2D eigenvalue weighted by atomic mass is 10.0. The molecule has 1 atom stereocenters. The number of aliphatic hydroxyl groups is 1. The first-order valence-corrected chi connectivity index (χ1v) is 6.56. The third-order valence-electron chi connectivity index (χ3n) is 3.06. The van der Waals surface area contributed by atoms with E-state index in [0.717, 1.165) is 18.4 Å². The van der Waals surface area contributed by atoms with Crippen LogP contribution in [0.25, 0.3) is 0 Å². The number of rotatable bonds is 5. The molecule has 1 aliphatic rings. The summed E-state index contributed by atoms with van der Waals surface area (Å²) in [7, 11) is 0. The average molecular weight is 272 g/mol. The Balaban J connectivity index is 2.06. The molecule has 0 spiro atoms. The largest absolute Gasteiger partial charge is 0.386 e. The number of nitrogens with one attached hydrogen (secondary N) is 1. The van der Waals surface area contributed by atoms with Crippen LogP contribution in [-0.2, 0) is 11.2 Å². The second-order valence-corrected chi connectivity index (χ2v) is 4.98. The van der Waals surface area contributed by atoms with E-state index in [1.165, 1.54) is 6.33 Å². The quantitative estimate of drug-likeness (QED) is 0.797. The van der Waals surface area contributed by atoms with Gasteiger partial charge in [0.1, 0.15) is 22.9 Å². The third kappa shape index (κ3) is 3.10. The topological polar surface area (TPSA) is 67.3 Å². The molecule has 1 unspecified atom stereocenters. The first-order chi connectivity index (χ1) is 8.64. The van der Waals surface area contributed by atoms with E-state index >= 15 is 0 Å². The van der Waals surface area contributed by atoms with Gasteiger partial charge in [-0.15, -0.1) is 0 Å². The Kier molecular flexibility index (Phi) is 4.37. The minimum absolute atomic E-state index is 0.363. The maximum Gasteiger partial charge on any atom is 0.137 e. The minimum atomic E-state index is -0.805. The standard InChI is InChI=1S/C12H18ClN3O2/c1-2-3-9-10(13)15-8-16-11(9)14-6-12(17)4-5-18-7-12/h8,17H,2-7H2,1H3,(H,14,15,16). The highest BCUT2D eigenvalue weighted by molar-refractivity contribution is 6.30. The van der Waals surface area contributed by atoms with E-state index in [1.54, 1.807) is 0 Å². The predicted molar refractivity (Wildman–Crippen MR) is 69.9 cm³/mol. The molecule has 5 nitrogen and oxygen atoms in total. The first kappa shape index (κ1) is 13.5. The maximum atomic E-state index is 10.2. The van der Waals surface area contributed by atoms with Crippen molar-refractivity contribution in [3.05, 3.63) is 17.0 Å². The van der Waals surface area contributed by atoms with Gasteiger partial charge in [0.25, 0.3) is 0 Å². The molecule has 2 N–H and O–H groups in total. The number of halogens is 1. The van der Waals surface area contributed by atoms with Gasteiger partial charge < -0.3 is 15.2 Å². The van der Waals surface area contributed by atoms with E-state index in [-0.39, 0.29) is 0 Å². The summed E-state index contributed by atoms with van der Waals surface area (Å²) >= 11 is 6.06. The molecule has 0 radical (unpaired) electrons. The summed E-state index contributed by atoms with van der Waals surface area (Å²) in [6, 6.07) is 0. The highest BCUT2D eigenvalue weighted by Gasteiger charge is 2.32. The second-order valence-electron chi connectivity index (χ2n) is 4.62. The highest BCUT2D eigenvalue weighted by Crippen LogP contribution is 2.24. The normalized spacial score (nSPS) is 23.3. The Labute approximate surface area is 112 Å². The van der Waals surface area contributed by atoms with Crippen LogP contribution in [0, 0.1) is 0 Å². The molecule has 0 aliphatic carbocycles. The van der Waals surface area contributed by atoms with Crippen molar-refractivity contribution in [3.63, 3.8) is 0 Å². The van der Waals surface area contributed by atoms with E-state index in [4.69, 9.17) is 16.3 Å². The van der Waals surface area contributed by atoms with Crippen LogP contribution in [0.1, 0.15) is 25.3 Å². The van der Waals surface area contributed by atoms with Crippen LogP contribution in [0.15, 0.2) is 6.33 Å². The molecule has 18 heavy (non-hydrogen) atoms. The van der Waals surface area contributed by atoms with Gasteiger partial charge in [0.2, 0.25) is 0 Å². The summed E-state index contributed by atoms with van der Waals surface area (Å²) < 4.78 is 5.20. The molecule has 1 aliphatic heterocycles. The highest BCUT2D eigenvalue weighted by atomic mass is 35.5. The summed E-state index contributed by atoms with van der Waals surface area (Å²) in [6.07, 6.45) is 3.85. The van der Waals surface area contributed by atoms with Crippen molar-refractivity contribution in [2.75, 3.05) is 25.1 Å². The van der Waals surface area contributed by atoms with Crippen LogP contribution in [0.3, 0.4) is 0 Å². The smallest absolute Gasteiger partial charge is 0.137 e. The zero-order valence-corrected chi connectivity index (χ0v) is 11.2. The van der Waals surface area contributed by atoms with Gasteiger partial charge in [0, 0.05) is 25.1 Å². The fourth-order valence-electron chi connectivity index (χ4n) is 2.00. The van der Waals surface area contributed by atoms with Gasteiger partial charge in [-0.2, -0.15) is 0 Å². The molecule has 0 saturated carbocycles. The number of ether oxygens (including phenoxy) is 1. The van der Waals surface area contributed by atoms with Crippen LogP contribution < -0.4 is 5.32 Å². The number of anilines is 1. The summed E-state index contributed by atoms with van der Waals surface area (Å²) in [5.41, 5.74) is 0.102. The summed E-state index contributed by atoms with van der Waals surface area (Å²) in [5.74, 6) is 0.706. The molecule has 2 rings (SSSR count). The fourth-order valence-corrected chi connectivity index (χ4v) is 2.23. The Morgan fingerprint density at radius 1 is 1.56 bits per heavy atom. The molecule has 1 aromatic heterocycles. The molecule has 1 aromatic rings. The molecule has 6 heteroatoms. The van der Waals surface area contributed by atoms with Gasteiger partial charge in [-0.05, 0) is 6.42 Å². The molecular weight excluding hydrogens is 254 g/mol. The molecule has 0 amide bonds. The summed E-state index contributed by atoms with van der Waals surface area (Å²) in [5, 5.41) is 13.8. The Morgan fingerprint density at radius 2 is 2.39 bits per heavy atom. The van der Waals surface area contributed by atoms with Gasteiger partial charge in [-0.1, -0.05) is 24.9 Å². The minimum Gasteiger partial charge on any atom is -0.386 e. The molecular formula is C12H18ClN3O2. The van der Waals surface area contributed by atoms with Gasteiger partial charge in [-0.25, -0.2) is 9.97 Å². The van der Waals surface area contributed by atoms with Crippen LogP contribution in [0.5, 0.6) is 0 Å². The summed E-state index contributed by atoms with van der Waals surface area (Å²) in [6.45, 7) is 3.45. The van der Waals surface area contributed by atoms with E-state index < -0.39 is 5.60 Å². The molecule has 0 bridgehead atoms. The van der Waals surface area contributed by atoms with Crippen LogP contribution in [-0.4, -0.2) is 40.4 Å². The number of hydrogen-bond donors (Lipinski definition) is 2. The SMILES string of the molecule is CCCc1c(Cl)ncnc1NCC1(O)CCOC1. The number of nitrogens with zero attached hydrogens (tertiary/aromatic N) is 2. The van der Waals surface area contributed by atoms with E-state index in [2.05, 4.69) is 22.2 Å². The average Bonchev–Trinajstić information content (AvgIpc) is 2.78. The summed E-state index contributed by atoms with van der Waals surface area (Å²) in [4.78, 5) is 8.17. The number of aromatic nitrogens is 2.